The molecule has 29 heavy (non-hydrogen) atoms. The Morgan fingerprint density at radius 1 is 1.03 bits per heavy atom. The summed E-state index contributed by atoms with van der Waals surface area (Å²) in [6.07, 6.45) is 2.44. The van der Waals surface area contributed by atoms with E-state index in [-0.39, 0.29) is 18.2 Å². The number of para-hydroxylation sites is 1. The molecular weight excluding hydrogens is 384 g/mol. The fourth-order valence-corrected chi connectivity index (χ4v) is 4.80. The van der Waals surface area contributed by atoms with Gasteiger partial charge in [-0.05, 0) is 31.4 Å². The minimum atomic E-state index is 0.0543. The second kappa shape index (κ2) is 9.05. The van der Waals surface area contributed by atoms with Gasteiger partial charge in [0, 0.05) is 63.2 Å². The van der Waals surface area contributed by atoms with Gasteiger partial charge in [0.15, 0.2) is 0 Å². The molecule has 0 atom stereocenters. The summed E-state index contributed by atoms with van der Waals surface area (Å²) in [4.78, 5) is 36.1. The standard InChI is InChI=1S/C22H28N4O2S/c1-17-23-19(16-29-17)15-24-10-4-11-25(14-13-24)21(27)7-8-22(28)26-12-9-18-5-2-3-6-20(18)26/h2-3,5-6,16H,4,7-15H2,1H3. The fraction of sp³-hybridized carbons (Fsp3) is 0.500. The summed E-state index contributed by atoms with van der Waals surface area (Å²) in [5.41, 5.74) is 3.34. The summed E-state index contributed by atoms with van der Waals surface area (Å²) >= 11 is 1.68. The number of benzene rings is 1. The van der Waals surface area contributed by atoms with Crippen molar-refractivity contribution in [2.24, 2.45) is 0 Å². The predicted octanol–water partition coefficient (Wildman–Crippen LogP) is 2.86. The first kappa shape index (κ1) is 20.0. The Balaban J connectivity index is 1.25. The summed E-state index contributed by atoms with van der Waals surface area (Å²) in [5.74, 6) is 0.149. The van der Waals surface area contributed by atoms with E-state index in [1.165, 1.54) is 5.56 Å². The lowest BCUT2D eigenvalue weighted by atomic mass is 10.2. The van der Waals surface area contributed by atoms with Gasteiger partial charge in [0.1, 0.15) is 0 Å². The average molecular weight is 413 g/mol. The summed E-state index contributed by atoms with van der Waals surface area (Å²) in [6, 6.07) is 8.04. The zero-order chi connectivity index (χ0) is 20.2. The number of hydrogen-bond acceptors (Lipinski definition) is 5. The van der Waals surface area contributed by atoms with E-state index in [2.05, 4.69) is 21.3 Å². The number of aromatic nitrogens is 1. The SMILES string of the molecule is Cc1nc(CN2CCCN(C(=O)CCC(=O)N3CCc4ccccc43)CC2)cs1. The first-order valence-electron chi connectivity index (χ1n) is 10.4. The van der Waals surface area contributed by atoms with Gasteiger partial charge >= 0.3 is 0 Å². The third-order valence-corrected chi connectivity index (χ3v) is 6.56. The molecule has 0 saturated carbocycles. The molecule has 3 heterocycles. The lowest BCUT2D eigenvalue weighted by Crippen LogP contribution is -2.36. The van der Waals surface area contributed by atoms with Crippen LogP contribution in [-0.2, 0) is 22.6 Å². The average Bonchev–Trinajstić information content (AvgIpc) is 3.26. The largest absolute Gasteiger partial charge is 0.341 e. The van der Waals surface area contributed by atoms with E-state index in [1.807, 2.05) is 34.9 Å². The first-order chi connectivity index (χ1) is 14.1. The Morgan fingerprint density at radius 3 is 2.69 bits per heavy atom. The minimum Gasteiger partial charge on any atom is -0.341 e. The molecule has 0 spiro atoms. The Labute approximate surface area is 176 Å². The normalized spacial score (nSPS) is 17.3. The Bertz CT molecular complexity index is 881. The van der Waals surface area contributed by atoms with E-state index in [1.54, 1.807) is 11.3 Å². The number of anilines is 1. The third-order valence-electron chi connectivity index (χ3n) is 5.73. The maximum absolute atomic E-state index is 12.7. The molecule has 0 unspecified atom stereocenters. The lowest BCUT2D eigenvalue weighted by Gasteiger charge is -2.22. The van der Waals surface area contributed by atoms with Crippen LogP contribution in [0.1, 0.15) is 35.5 Å². The Hall–Kier alpha value is -2.25. The summed E-state index contributed by atoms with van der Waals surface area (Å²) < 4.78 is 0. The van der Waals surface area contributed by atoms with Crippen molar-refractivity contribution in [3.8, 4) is 0 Å². The molecule has 0 aliphatic carbocycles. The Morgan fingerprint density at radius 2 is 1.86 bits per heavy atom. The van der Waals surface area contributed by atoms with E-state index >= 15 is 0 Å². The van der Waals surface area contributed by atoms with Gasteiger partial charge in [-0.2, -0.15) is 0 Å². The van der Waals surface area contributed by atoms with Gasteiger partial charge in [-0.15, -0.1) is 11.3 Å². The highest BCUT2D eigenvalue weighted by molar-refractivity contribution is 7.09. The molecule has 2 aromatic rings. The van der Waals surface area contributed by atoms with Gasteiger partial charge in [0.05, 0.1) is 10.7 Å². The molecule has 1 aromatic heterocycles. The number of carbonyl (C=O) groups excluding carboxylic acids is 2. The monoisotopic (exact) mass is 412 g/mol. The van der Waals surface area contributed by atoms with Crippen molar-refractivity contribution < 1.29 is 9.59 Å². The molecule has 154 valence electrons. The molecule has 1 saturated heterocycles. The van der Waals surface area contributed by atoms with Gasteiger partial charge in [-0.3, -0.25) is 14.5 Å². The van der Waals surface area contributed by atoms with E-state index < -0.39 is 0 Å². The van der Waals surface area contributed by atoms with Gasteiger partial charge in [0.25, 0.3) is 0 Å². The predicted molar refractivity (Wildman–Crippen MR) is 115 cm³/mol. The number of nitrogens with zero attached hydrogens (tertiary/aromatic N) is 4. The molecule has 7 heteroatoms. The quantitative estimate of drug-likeness (QED) is 0.758. The second-order valence-corrected chi connectivity index (χ2v) is 8.85. The van der Waals surface area contributed by atoms with Crippen LogP contribution >= 0.6 is 11.3 Å². The lowest BCUT2D eigenvalue weighted by molar-refractivity contribution is -0.133. The number of thiazole rings is 1. The summed E-state index contributed by atoms with van der Waals surface area (Å²) in [6.45, 7) is 6.92. The van der Waals surface area contributed by atoms with Crippen LogP contribution in [0, 0.1) is 6.92 Å². The number of amides is 2. The van der Waals surface area contributed by atoms with Crippen LogP contribution in [0.2, 0.25) is 0 Å². The van der Waals surface area contributed by atoms with Crippen LogP contribution in [0.25, 0.3) is 0 Å². The molecule has 6 nitrogen and oxygen atoms in total. The summed E-state index contributed by atoms with van der Waals surface area (Å²) in [5, 5.41) is 3.21. The third kappa shape index (κ3) is 4.85. The summed E-state index contributed by atoms with van der Waals surface area (Å²) in [7, 11) is 0. The van der Waals surface area contributed by atoms with Crippen LogP contribution in [0.15, 0.2) is 29.6 Å². The van der Waals surface area contributed by atoms with Crippen LogP contribution in [0.5, 0.6) is 0 Å². The number of fused-ring (bicyclic) bond motifs is 1. The van der Waals surface area contributed by atoms with Crippen LogP contribution < -0.4 is 4.90 Å². The zero-order valence-electron chi connectivity index (χ0n) is 17.0. The molecular formula is C22H28N4O2S. The zero-order valence-corrected chi connectivity index (χ0v) is 17.8. The topological polar surface area (TPSA) is 56.8 Å². The van der Waals surface area contributed by atoms with Gasteiger partial charge in [0.2, 0.25) is 11.8 Å². The number of aryl methyl sites for hydroxylation is 1. The smallest absolute Gasteiger partial charge is 0.227 e. The van der Waals surface area contributed by atoms with Crippen LogP contribution in [-0.4, -0.2) is 59.3 Å². The Kier molecular flexibility index (Phi) is 6.25. The molecule has 4 rings (SSSR count). The van der Waals surface area contributed by atoms with Gasteiger partial charge in [-0.1, -0.05) is 18.2 Å². The highest BCUT2D eigenvalue weighted by Gasteiger charge is 2.25. The van der Waals surface area contributed by atoms with E-state index in [0.29, 0.717) is 6.42 Å². The molecule has 2 aliphatic heterocycles. The van der Waals surface area contributed by atoms with E-state index in [4.69, 9.17) is 0 Å². The van der Waals surface area contributed by atoms with Crippen molar-refractivity contribution >= 4 is 28.8 Å². The van der Waals surface area contributed by atoms with E-state index in [0.717, 1.165) is 68.5 Å². The van der Waals surface area contributed by atoms with Crippen molar-refractivity contribution in [1.82, 2.24) is 14.8 Å². The maximum Gasteiger partial charge on any atom is 0.227 e. The molecule has 1 aromatic carbocycles. The van der Waals surface area contributed by atoms with Crippen molar-refractivity contribution in [3.05, 3.63) is 45.9 Å². The fourth-order valence-electron chi connectivity index (χ4n) is 4.19. The number of carbonyl (C=O) groups is 2. The number of hydrogen-bond donors (Lipinski definition) is 0. The van der Waals surface area contributed by atoms with Crippen molar-refractivity contribution in [1.29, 1.82) is 0 Å². The highest BCUT2D eigenvalue weighted by Crippen LogP contribution is 2.28. The van der Waals surface area contributed by atoms with Crippen molar-refractivity contribution in [2.75, 3.05) is 37.6 Å². The minimum absolute atomic E-state index is 0.0543. The van der Waals surface area contributed by atoms with Gasteiger partial charge < -0.3 is 9.80 Å². The molecule has 2 amide bonds. The van der Waals surface area contributed by atoms with Crippen molar-refractivity contribution in [2.45, 2.75) is 39.2 Å². The molecule has 0 radical (unpaired) electrons. The van der Waals surface area contributed by atoms with E-state index in [9.17, 15) is 9.59 Å². The molecule has 0 N–H and O–H groups in total. The second-order valence-electron chi connectivity index (χ2n) is 7.79. The number of rotatable bonds is 5. The molecule has 2 aliphatic rings. The van der Waals surface area contributed by atoms with Crippen molar-refractivity contribution in [3.63, 3.8) is 0 Å². The van der Waals surface area contributed by atoms with Crippen LogP contribution in [0.3, 0.4) is 0 Å². The highest BCUT2D eigenvalue weighted by atomic mass is 32.1. The molecule has 1 fully saturated rings. The maximum atomic E-state index is 12.7. The van der Waals surface area contributed by atoms with Gasteiger partial charge in [-0.25, -0.2) is 4.98 Å². The first-order valence-corrected chi connectivity index (χ1v) is 11.3. The van der Waals surface area contributed by atoms with Crippen LogP contribution in [0.4, 0.5) is 5.69 Å². The molecule has 0 bridgehead atoms.